The van der Waals surface area contributed by atoms with Gasteiger partial charge in [0.2, 0.25) is 11.8 Å². The van der Waals surface area contributed by atoms with E-state index >= 15 is 0 Å². The van der Waals surface area contributed by atoms with Gasteiger partial charge in [0, 0.05) is 10.9 Å². The van der Waals surface area contributed by atoms with Crippen LogP contribution in [-0.2, 0) is 16.0 Å². The van der Waals surface area contributed by atoms with Crippen LogP contribution in [0.2, 0.25) is 0 Å². The summed E-state index contributed by atoms with van der Waals surface area (Å²) in [6, 6.07) is 4.14. The molecule has 0 spiro atoms. The molecule has 22 heavy (non-hydrogen) atoms. The molecule has 1 fully saturated rings. The van der Waals surface area contributed by atoms with Gasteiger partial charge < -0.3 is 10.6 Å². The lowest BCUT2D eigenvalue weighted by Crippen LogP contribution is -2.58. The highest BCUT2D eigenvalue weighted by Crippen LogP contribution is 2.19. The third kappa shape index (κ3) is 4.57. The number of carbonyl (C=O) groups excluding carboxylic acids is 2. The fourth-order valence-electron chi connectivity index (χ4n) is 2.82. The van der Waals surface area contributed by atoms with Gasteiger partial charge in [-0.25, -0.2) is 0 Å². The van der Waals surface area contributed by atoms with Crippen LogP contribution in [-0.4, -0.2) is 23.4 Å². The highest BCUT2D eigenvalue weighted by molar-refractivity contribution is 7.10. The van der Waals surface area contributed by atoms with Crippen LogP contribution in [0.1, 0.15) is 57.2 Å². The van der Waals surface area contributed by atoms with Crippen molar-refractivity contribution in [1.82, 2.24) is 10.6 Å². The molecule has 1 atom stereocenters. The zero-order chi connectivity index (χ0) is 16.0. The molecule has 1 aliphatic carbocycles. The molecule has 0 aliphatic heterocycles. The van der Waals surface area contributed by atoms with Gasteiger partial charge in [-0.3, -0.25) is 9.59 Å². The topological polar surface area (TPSA) is 58.2 Å². The molecular weight excluding hydrogens is 296 g/mol. The van der Waals surface area contributed by atoms with Crippen molar-refractivity contribution < 1.29 is 9.59 Å². The van der Waals surface area contributed by atoms with E-state index in [1.165, 1.54) is 19.3 Å². The largest absolute Gasteiger partial charge is 0.351 e. The van der Waals surface area contributed by atoms with Crippen molar-refractivity contribution >= 4 is 23.2 Å². The SMILES string of the molecule is CC[C@](C)(NC(=O)Cc1cccs1)C(=O)NC1CCCCC1. The summed E-state index contributed by atoms with van der Waals surface area (Å²) in [6.07, 6.45) is 6.64. The first-order valence-electron chi connectivity index (χ1n) is 8.18. The second kappa shape index (κ2) is 7.77. The Morgan fingerprint density at radius 3 is 2.64 bits per heavy atom. The van der Waals surface area contributed by atoms with Gasteiger partial charge in [-0.05, 0) is 37.6 Å². The smallest absolute Gasteiger partial charge is 0.245 e. The standard InChI is InChI=1S/C17H26N2O2S/c1-3-17(2,16(21)18-13-8-5-4-6-9-13)19-15(20)12-14-10-7-11-22-14/h7,10-11,13H,3-6,8-9,12H2,1-2H3,(H,18,21)(H,19,20)/t17-/m0/s1. The van der Waals surface area contributed by atoms with Gasteiger partial charge in [0.05, 0.1) is 6.42 Å². The molecular formula is C17H26N2O2S. The van der Waals surface area contributed by atoms with Crippen molar-refractivity contribution in [2.45, 2.75) is 70.4 Å². The lowest BCUT2D eigenvalue weighted by Gasteiger charge is -2.32. The number of amides is 2. The first kappa shape index (κ1) is 17.0. The Kier molecular flexibility index (Phi) is 6.00. The van der Waals surface area contributed by atoms with Crippen LogP contribution < -0.4 is 10.6 Å². The normalized spacial score (nSPS) is 18.5. The molecule has 0 saturated heterocycles. The monoisotopic (exact) mass is 322 g/mol. The van der Waals surface area contributed by atoms with Crippen LogP contribution >= 0.6 is 11.3 Å². The third-order valence-electron chi connectivity index (χ3n) is 4.48. The molecule has 1 heterocycles. The van der Waals surface area contributed by atoms with Crippen LogP contribution in [0, 0.1) is 0 Å². The summed E-state index contributed by atoms with van der Waals surface area (Å²) < 4.78 is 0. The molecule has 5 heteroatoms. The molecule has 2 N–H and O–H groups in total. The van der Waals surface area contributed by atoms with Crippen molar-refractivity contribution in [3.05, 3.63) is 22.4 Å². The van der Waals surface area contributed by atoms with Gasteiger partial charge in [-0.15, -0.1) is 11.3 Å². The Labute approximate surface area is 136 Å². The van der Waals surface area contributed by atoms with Crippen LogP contribution in [0.5, 0.6) is 0 Å². The molecule has 0 bridgehead atoms. The third-order valence-corrected chi connectivity index (χ3v) is 5.36. The summed E-state index contributed by atoms with van der Waals surface area (Å²) >= 11 is 1.56. The molecule has 1 aromatic heterocycles. The minimum atomic E-state index is -0.828. The van der Waals surface area contributed by atoms with E-state index in [1.807, 2.05) is 31.4 Å². The summed E-state index contributed by atoms with van der Waals surface area (Å²) in [4.78, 5) is 25.8. The summed E-state index contributed by atoms with van der Waals surface area (Å²) in [6.45, 7) is 3.75. The van der Waals surface area contributed by atoms with Crippen LogP contribution in [0.4, 0.5) is 0 Å². The first-order chi connectivity index (χ1) is 10.5. The molecule has 1 aliphatic rings. The number of carbonyl (C=O) groups is 2. The van der Waals surface area contributed by atoms with Crippen molar-refractivity contribution in [3.63, 3.8) is 0 Å². The molecule has 4 nitrogen and oxygen atoms in total. The fraction of sp³-hybridized carbons (Fsp3) is 0.647. The highest BCUT2D eigenvalue weighted by atomic mass is 32.1. The number of hydrogen-bond acceptors (Lipinski definition) is 3. The fourth-order valence-corrected chi connectivity index (χ4v) is 3.52. The average molecular weight is 322 g/mol. The Morgan fingerprint density at radius 2 is 2.05 bits per heavy atom. The van der Waals surface area contributed by atoms with E-state index < -0.39 is 5.54 Å². The highest BCUT2D eigenvalue weighted by Gasteiger charge is 2.34. The Balaban J connectivity index is 1.91. The summed E-state index contributed by atoms with van der Waals surface area (Å²) in [5, 5.41) is 8.01. The summed E-state index contributed by atoms with van der Waals surface area (Å²) in [7, 11) is 0. The predicted molar refractivity (Wildman–Crippen MR) is 89.9 cm³/mol. The zero-order valence-corrected chi connectivity index (χ0v) is 14.3. The van der Waals surface area contributed by atoms with Gasteiger partial charge in [-0.1, -0.05) is 32.3 Å². The minimum absolute atomic E-state index is 0.0542. The summed E-state index contributed by atoms with van der Waals surface area (Å²) in [5.74, 6) is -0.146. The van der Waals surface area contributed by atoms with E-state index in [9.17, 15) is 9.59 Å². The molecule has 0 unspecified atom stereocenters. The Morgan fingerprint density at radius 1 is 1.32 bits per heavy atom. The van der Waals surface area contributed by atoms with Crippen molar-refractivity contribution in [1.29, 1.82) is 0 Å². The Hall–Kier alpha value is -1.36. The molecule has 2 amide bonds. The molecule has 1 aromatic rings. The predicted octanol–water partition coefficient (Wildman–Crippen LogP) is 3.02. The van der Waals surface area contributed by atoms with E-state index in [4.69, 9.17) is 0 Å². The maximum atomic E-state index is 12.6. The van der Waals surface area contributed by atoms with E-state index in [2.05, 4.69) is 10.6 Å². The van der Waals surface area contributed by atoms with E-state index in [1.54, 1.807) is 11.3 Å². The molecule has 0 aromatic carbocycles. The van der Waals surface area contributed by atoms with Crippen LogP contribution in [0.25, 0.3) is 0 Å². The Bertz CT molecular complexity index is 495. The minimum Gasteiger partial charge on any atom is -0.351 e. The van der Waals surface area contributed by atoms with Crippen LogP contribution in [0.3, 0.4) is 0 Å². The number of rotatable bonds is 6. The second-order valence-corrected chi connectivity index (χ2v) is 7.33. The maximum absolute atomic E-state index is 12.6. The number of nitrogens with one attached hydrogen (secondary N) is 2. The van der Waals surface area contributed by atoms with E-state index in [-0.39, 0.29) is 17.9 Å². The van der Waals surface area contributed by atoms with Crippen molar-refractivity contribution in [2.75, 3.05) is 0 Å². The molecule has 1 saturated carbocycles. The second-order valence-electron chi connectivity index (χ2n) is 6.30. The molecule has 122 valence electrons. The number of hydrogen-bond donors (Lipinski definition) is 2. The van der Waals surface area contributed by atoms with Gasteiger partial charge in [0.1, 0.15) is 5.54 Å². The molecule has 2 rings (SSSR count). The average Bonchev–Trinajstić information content (AvgIpc) is 3.00. The molecule has 0 radical (unpaired) electrons. The zero-order valence-electron chi connectivity index (χ0n) is 13.5. The van der Waals surface area contributed by atoms with Crippen molar-refractivity contribution in [2.24, 2.45) is 0 Å². The van der Waals surface area contributed by atoms with Gasteiger partial charge in [0.15, 0.2) is 0 Å². The van der Waals surface area contributed by atoms with Crippen LogP contribution in [0.15, 0.2) is 17.5 Å². The van der Waals surface area contributed by atoms with Gasteiger partial charge in [-0.2, -0.15) is 0 Å². The van der Waals surface area contributed by atoms with E-state index in [0.717, 1.165) is 17.7 Å². The quantitative estimate of drug-likeness (QED) is 0.846. The lowest BCUT2D eigenvalue weighted by molar-refractivity contribution is -0.133. The maximum Gasteiger partial charge on any atom is 0.245 e. The van der Waals surface area contributed by atoms with Crippen molar-refractivity contribution in [3.8, 4) is 0 Å². The summed E-state index contributed by atoms with van der Waals surface area (Å²) in [5.41, 5.74) is -0.828. The lowest BCUT2D eigenvalue weighted by atomic mass is 9.92. The first-order valence-corrected chi connectivity index (χ1v) is 9.06. The van der Waals surface area contributed by atoms with Gasteiger partial charge in [0.25, 0.3) is 0 Å². The van der Waals surface area contributed by atoms with E-state index in [0.29, 0.717) is 12.8 Å². The van der Waals surface area contributed by atoms with Gasteiger partial charge >= 0.3 is 0 Å². The number of thiophene rings is 1.